The van der Waals surface area contributed by atoms with Gasteiger partial charge < -0.3 is 5.11 Å². The molecular formula is C11H13FO2. The predicted molar refractivity (Wildman–Crippen MR) is 53.8 cm³/mol. The van der Waals surface area contributed by atoms with E-state index in [0.29, 0.717) is 0 Å². The summed E-state index contributed by atoms with van der Waals surface area (Å²) >= 11 is 0. The highest BCUT2D eigenvalue weighted by molar-refractivity contribution is 5.87. The molecule has 76 valence electrons. The smallest absolute Gasteiger partial charge is 0.335 e. The van der Waals surface area contributed by atoms with Gasteiger partial charge in [0.1, 0.15) is 5.82 Å². The number of hydrogen-bond acceptors (Lipinski definition) is 1. The van der Waals surface area contributed by atoms with Crippen molar-refractivity contribution in [3.8, 4) is 0 Å². The number of carboxylic acid groups (broad SMARTS) is 1. The molecule has 0 aliphatic heterocycles. The van der Waals surface area contributed by atoms with Crippen LogP contribution in [0.5, 0.6) is 0 Å². The molecule has 0 heterocycles. The molecule has 0 bridgehead atoms. The monoisotopic (exact) mass is 196 g/mol. The molecule has 0 saturated heterocycles. The molecule has 0 saturated carbocycles. The zero-order valence-electron chi connectivity index (χ0n) is 8.25. The van der Waals surface area contributed by atoms with Crippen molar-refractivity contribution in [2.45, 2.75) is 13.8 Å². The molecule has 0 radical (unpaired) electrons. The first-order chi connectivity index (χ1) is 6.43. The third-order valence-corrected chi connectivity index (χ3v) is 1.09. The zero-order chi connectivity index (χ0) is 11.1. The Kier molecular flexibility index (Phi) is 5.22. The van der Waals surface area contributed by atoms with Crippen molar-refractivity contribution in [1.82, 2.24) is 0 Å². The van der Waals surface area contributed by atoms with Crippen LogP contribution in [0.25, 0.3) is 0 Å². The number of allylic oxidation sites excluding steroid dienone is 1. The van der Waals surface area contributed by atoms with E-state index in [-0.39, 0.29) is 5.56 Å². The fourth-order valence-electron chi connectivity index (χ4n) is 0.592. The first kappa shape index (κ1) is 12.4. The topological polar surface area (TPSA) is 37.3 Å². The molecule has 0 aromatic heterocycles. The van der Waals surface area contributed by atoms with Crippen molar-refractivity contribution in [3.05, 3.63) is 47.8 Å². The van der Waals surface area contributed by atoms with Gasteiger partial charge in [-0.2, -0.15) is 0 Å². The maximum absolute atomic E-state index is 12.2. The van der Waals surface area contributed by atoms with Crippen LogP contribution in [0.1, 0.15) is 24.2 Å². The Morgan fingerprint density at radius 2 is 1.64 bits per heavy atom. The van der Waals surface area contributed by atoms with Gasteiger partial charge in [-0.15, -0.1) is 6.58 Å². The molecule has 0 amide bonds. The van der Waals surface area contributed by atoms with Gasteiger partial charge in [-0.05, 0) is 38.1 Å². The van der Waals surface area contributed by atoms with Crippen molar-refractivity contribution >= 4 is 5.97 Å². The fourth-order valence-corrected chi connectivity index (χ4v) is 0.592. The van der Waals surface area contributed by atoms with Crippen LogP contribution in [0, 0.1) is 5.82 Å². The molecule has 0 atom stereocenters. The largest absolute Gasteiger partial charge is 0.478 e. The number of carboxylic acids is 1. The van der Waals surface area contributed by atoms with Gasteiger partial charge in [0, 0.05) is 0 Å². The van der Waals surface area contributed by atoms with Gasteiger partial charge in [0.25, 0.3) is 0 Å². The van der Waals surface area contributed by atoms with Crippen LogP contribution < -0.4 is 0 Å². The second-order valence-corrected chi connectivity index (χ2v) is 3.02. The van der Waals surface area contributed by atoms with Crippen molar-refractivity contribution in [3.63, 3.8) is 0 Å². The number of benzene rings is 1. The molecule has 2 nitrogen and oxygen atoms in total. The summed E-state index contributed by atoms with van der Waals surface area (Å²) in [6.45, 7) is 7.50. The fraction of sp³-hybridized carbons (Fsp3) is 0.182. The quantitative estimate of drug-likeness (QED) is 0.701. The summed E-state index contributed by atoms with van der Waals surface area (Å²) in [5.74, 6) is -1.47. The predicted octanol–water partition coefficient (Wildman–Crippen LogP) is 3.11. The first-order valence-electron chi connectivity index (χ1n) is 4.04. The number of rotatable bonds is 1. The van der Waals surface area contributed by atoms with E-state index in [1.807, 2.05) is 13.8 Å². The SMILES string of the molecule is C=C(C)C.O=C(O)c1ccc(F)cc1. The molecule has 14 heavy (non-hydrogen) atoms. The summed E-state index contributed by atoms with van der Waals surface area (Å²) in [4.78, 5) is 10.2. The Morgan fingerprint density at radius 3 is 1.93 bits per heavy atom. The van der Waals surface area contributed by atoms with E-state index in [0.717, 1.165) is 12.1 Å². The van der Waals surface area contributed by atoms with E-state index in [1.54, 1.807) is 0 Å². The van der Waals surface area contributed by atoms with E-state index in [2.05, 4.69) is 6.58 Å². The van der Waals surface area contributed by atoms with E-state index in [1.165, 1.54) is 17.7 Å². The molecule has 0 spiro atoms. The van der Waals surface area contributed by atoms with Crippen LogP contribution >= 0.6 is 0 Å². The molecule has 0 aliphatic carbocycles. The highest BCUT2D eigenvalue weighted by atomic mass is 19.1. The summed E-state index contributed by atoms with van der Waals surface area (Å²) in [6, 6.07) is 4.67. The van der Waals surface area contributed by atoms with Crippen LogP contribution in [-0.2, 0) is 0 Å². The minimum absolute atomic E-state index is 0.0985. The van der Waals surface area contributed by atoms with Gasteiger partial charge in [-0.25, -0.2) is 9.18 Å². The van der Waals surface area contributed by atoms with Gasteiger partial charge in [0.2, 0.25) is 0 Å². The lowest BCUT2D eigenvalue weighted by Crippen LogP contribution is -1.94. The van der Waals surface area contributed by atoms with Crippen LogP contribution in [0.15, 0.2) is 36.4 Å². The summed E-state index contributed by atoms with van der Waals surface area (Å²) < 4.78 is 12.2. The first-order valence-corrected chi connectivity index (χ1v) is 4.04. The van der Waals surface area contributed by atoms with Crippen molar-refractivity contribution in [1.29, 1.82) is 0 Å². The number of carbonyl (C=O) groups is 1. The molecule has 1 aromatic carbocycles. The summed E-state index contributed by atoms with van der Waals surface area (Å²) in [7, 11) is 0. The second-order valence-electron chi connectivity index (χ2n) is 3.02. The Balaban J connectivity index is 0.000000364. The van der Waals surface area contributed by atoms with Crippen molar-refractivity contribution in [2.24, 2.45) is 0 Å². The average molecular weight is 196 g/mol. The Bertz CT molecular complexity index is 311. The minimum Gasteiger partial charge on any atom is -0.478 e. The van der Waals surface area contributed by atoms with Gasteiger partial charge >= 0.3 is 5.97 Å². The van der Waals surface area contributed by atoms with Gasteiger partial charge in [-0.1, -0.05) is 5.57 Å². The third-order valence-electron chi connectivity index (χ3n) is 1.09. The summed E-state index contributed by atoms with van der Waals surface area (Å²) in [6.07, 6.45) is 0. The molecule has 1 N–H and O–H groups in total. The number of hydrogen-bond donors (Lipinski definition) is 1. The second kappa shape index (κ2) is 5.91. The highest BCUT2D eigenvalue weighted by Gasteiger charge is 1.99. The lowest BCUT2D eigenvalue weighted by atomic mass is 10.2. The maximum Gasteiger partial charge on any atom is 0.335 e. The van der Waals surface area contributed by atoms with Gasteiger partial charge in [0.15, 0.2) is 0 Å². The van der Waals surface area contributed by atoms with E-state index in [9.17, 15) is 9.18 Å². The average Bonchev–Trinajstić information content (AvgIpc) is 2.03. The van der Waals surface area contributed by atoms with E-state index >= 15 is 0 Å². The highest BCUT2D eigenvalue weighted by Crippen LogP contribution is 2.01. The molecule has 0 unspecified atom stereocenters. The maximum atomic E-state index is 12.2. The van der Waals surface area contributed by atoms with Crippen molar-refractivity contribution < 1.29 is 14.3 Å². The van der Waals surface area contributed by atoms with Gasteiger partial charge in [-0.3, -0.25) is 0 Å². The molecule has 0 fully saturated rings. The third kappa shape index (κ3) is 5.94. The Hall–Kier alpha value is -1.64. The lowest BCUT2D eigenvalue weighted by Gasteiger charge is -1.90. The minimum atomic E-state index is -1.04. The van der Waals surface area contributed by atoms with Gasteiger partial charge in [0.05, 0.1) is 5.56 Å². The molecule has 3 heteroatoms. The van der Waals surface area contributed by atoms with Crippen LogP contribution in [0.2, 0.25) is 0 Å². The van der Waals surface area contributed by atoms with E-state index in [4.69, 9.17) is 5.11 Å². The van der Waals surface area contributed by atoms with E-state index < -0.39 is 11.8 Å². The standard InChI is InChI=1S/C7H5FO2.C4H8/c8-6-3-1-5(2-4-6)7(9)10;1-4(2)3/h1-4H,(H,9,10);1H2,2-3H3. The van der Waals surface area contributed by atoms with Crippen molar-refractivity contribution in [2.75, 3.05) is 0 Å². The number of halogens is 1. The number of aromatic carboxylic acids is 1. The molecule has 0 aliphatic rings. The Labute approximate surface area is 82.7 Å². The summed E-state index contributed by atoms with van der Waals surface area (Å²) in [5.41, 5.74) is 1.27. The lowest BCUT2D eigenvalue weighted by molar-refractivity contribution is 0.0697. The van der Waals surface area contributed by atoms with Crippen LogP contribution in [0.4, 0.5) is 4.39 Å². The summed E-state index contributed by atoms with van der Waals surface area (Å²) in [5, 5.41) is 8.35. The zero-order valence-corrected chi connectivity index (χ0v) is 8.25. The van der Waals surface area contributed by atoms with Crippen LogP contribution in [0.3, 0.4) is 0 Å². The molecule has 1 rings (SSSR count). The molecule has 1 aromatic rings. The van der Waals surface area contributed by atoms with Crippen LogP contribution in [-0.4, -0.2) is 11.1 Å². The Morgan fingerprint density at radius 1 is 1.29 bits per heavy atom. The normalized spacial score (nSPS) is 8.50. The molecular weight excluding hydrogens is 183 g/mol.